The molecule has 0 bridgehead atoms. The third-order valence-corrected chi connectivity index (χ3v) is 5.47. The maximum atomic E-state index is 6.42. The van der Waals surface area contributed by atoms with Crippen molar-refractivity contribution in [1.82, 2.24) is 19.7 Å². The molecule has 2 aromatic heterocycles. The first-order valence-electron chi connectivity index (χ1n) is 8.55. The predicted octanol–water partition coefficient (Wildman–Crippen LogP) is 5.33. The summed E-state index contributed by atoms with van der Waals surface area (Å²) in [6.45, 7) is 0.684. The molecule has 0 saturated heterocycles. The molecule has 0 aliphatic heterocycles. The molecule has 0 N–H and O–H groups in total. The number of thioether (sulfide) groups is 1. The van der Waals surface area contributed by atoms with E-state index < -0.39 is 0 Å². The second kappa shape index (κ2) is 8.37. The SMILES string of the molecule is Clc1ccccc1-c1nnc(SCc2cccnc2)n1Cc1ccccc1. The molecule has 0 amide bonds. The maximum Gasteiger partial charge on any atom is 0.192 e. The molecule has 6 heteroatoms. The van der Waals surface area contributed by atoms with Crippen molar-refractivity contribution in [3.05, 3.63) is 95.3 Å². The summed E-state index contributed by atoms with van der Waals surface area (Å²) < 4.78 is 2.12. The van der Waals surface area contributed by atoms with Crippen molar-refractivity contribution in [2.75, 3.05) is 0 Å². The fourth-order valence-corrected chi connectivity index (χ4v) is 3.87. The lowest BCUT2D eigenvalue weighted by Crippen LogP contribution is -2.04. The number of halogens is 1. The van der Waals surface area contributed by atoms with Gasteiger partial charge in [-0.1, -0.05) is 71.9 Å². The Morgan fingerprint density at radius 2 is 1.63 bits per heavy atom. The lowest BCUT2D eigenvalue weighted by molar-refractivity contribution is 0.714. The Kier molecular flexibility index (Phi) is 5.51. The molecule has 0 fully saturated rings. The van der Waals surface area contributed by atoms with Gasteiger partial charge in [0.05, 0.1) is 11.6 Å². The molecule has 0 unspecified atom stereocenters. The zero-order valence-corrected chi connectivity index (χ0v) is 16.1. The predicted molar refractivity (Wildman–Crippen MR) is 110 cm³/mol. The Labute approximate surface area is 167 Å². The van der Waals surface area contributed by atoms with Crippen molar-refractivity contribution in [3.8, 4) is 11.4 Å². The van der Waals surface area contributed by atoms with Crippen molar-refractivity contribution >= 4 is 23.4 Å². The van der Waals surface area contributed by atoms with E-state index in [0.29, 0.717) is 11.6 Å². The highest BCUT2D eigenvalue weighted by Gasteiger charge is 2.17. The summed E-state index contributed by atoms with van der Waals surface area (Å²) in [6, 6.07) is 22.0. The van der Waals surface area contributed by atoms with Crippen molar-refractivity contribution in [2.24, 2.45) is 0 Å². The molecule has 0 aliphatic rings. The van der Waals surface area contributed by atoms with Crippen LogP contribution >= 0.6 is 23.4 Å². The third-order valence-electron chi connectivity index (χ3n) is 4.11. The molecule has 134 valence electrons. The second-order valence-electron chi connectivity index (χ2n) is 6.01. The number of rotatable bonds is 6. The Morgan fingerprint density at radius 1 is 0.852 bits per heavy atom. The van der Waals surface area contributed by atoms with E-state index in [1.807, 2.05) is 54.7 Å². The Hall–Kier alpha value is -2.63. The van der Waals surface area contributed by atoms with Gasteiger partial charge in [-0.15, -0.1) is 10.2 Å². The number of hydrogen-bond acceptors (Lipinski definition) is 4. The molecule has 2 heterocycles. The molecule has 0 saturated carbocycles. The van der Waals surface area contributed by atoms with Crippen molar-refractivity contribution in [3.63, 3.8) is 0 Å². The lowest BCUT2D eigenvalue weighted by atomic mass is 10.2. The Balaban J connectivity index is 1.69. The number of benzene rings is 2. The van der Waals surface area contributed by atoms with Crippen LogP contribution in [-0.4, -0.2) is 19.7 Å². The van der Waals surface area contributed by atoms with E-state index in [9.17, 15) is 0 Å². The minimum atomic E-state index is 0.669. The van der Waals surface area contributed by atoms with E-state index in [4.69, 9.17) is 11.6 Å². The van der Waals surface area contributed by atoms with Gasteiger partial charge in [0.15, 0.2) is 11.0 Å². The highest BCUT2D eigenvalue weighted by Crippen LogP contribution is 2.31. The molecule has 4 aromatic rings. The molecule has 2 aromatic carbocycles. The highest BCUT2D eigenvalue weighted by atomic mass is 35.5. The van der Waals surface area contributed by atoms with Crippen molar-refractivity contribution < 1.29 is 0 Å². The standard InChI is InChI=1S/C21H17ClN4S/c22-19-11-5-4-10-18(19)20-24-25-21(27-15-17-9-6-12-23-13-17)26(20)14-16-7-2-1-3-8-16/h1-13H,14-15H2. The van der Waals surface area contributed by atoms with E-state index in [-0.39, 0.29) is 0 Å². The zero-order chi connectivity index (χ0) is 18.5. The average molecular weight is 393 g/mol. The van der Waals surface area contributed by atoms with Crippen molar-refractivity contribution in [2.45, 2.75) is 17.5 Å². The van der Waals surface area contributed by atoms with E-state index in [2.05, 4.69) is 37.9 Å². The van der Waals surface area contributed by atoms with Crippen molar-refractivity contribution in [1.29, 1.82) is 0 Å². The Bertz CT molecular complexity index is 1020. The molecule has 4 rings (SSSR count). The average Bonchev–Trinajstić information content (AvgIpc) is 3.10. The van der Waals surface area contributed by atoms with Gasteiger partial charge in [0.2, 0.25) is 0 Å². The molecule has 0 radical (unpaired) electrons. The van der Waals surface area contributed by atoms with Crippen LogP contribution in [0.1, 0.15) is 11.1 Å². The maximum absolute atomic E-state index is 6.42. The normalized spacial score (nSPS) is 10.9. The number of aromatic nitrogens is 4. The van der Waals surface area contributed by atoms with Gasteiger partial charge in [-0.3, -0.25) is 9.55 Å². The number of pyridine rings is 1. The van der Waals surface area contributed by atoms with Gasteiger partial charge in [0, 0.05) is 23.7 Å². The summed E-state index contributed by atoms with van der Waals surface area (Å²) in [5, 5.41) is 10.4. The monoisotopic (exact) mass is 392 g/mol. The van der Waals surface area contributed by atoms with E-state index >= 15 is 0 Å². The van der Waals surface area contributed by atoms with Gasteiger partial charge >= 0.3 is 0 Å². The van der Waals surface area contributed by atoms with Gasteiger partial charge in [-0.05, 0) is 29.3 Å². The summed E-state index contributed by atoms with van der Waals surface area (Å²) in [6.07, 6.45) is 3.65. The molecule has 0 spiro atoms. The van der Waals surface area contributed by atoms with Gasteiger partial charge in [-0.25, -0.2) is 0 Å². The van der Waals surface area contributed by atoms with Crippen LogP contribution in [-0.2, 0) is 12.3 Å². The van der Waals surface area contributed by atoms with Crippen LogP contribution in [0.4, 0.5) is 0 Å². The van der Waals surface area contributed by atoms with Crippen LogP contribution in [0.15, 0.2) is 84.3 Å². The van der Waals surface area contributed by atoms with E-state index in [1.165, 1.54) is 5.56 Å². The first-order valence-corrected chi connectivity index (χ1v) is 9.91. The first kappa shape index (κ1) is 17.8. The molecule has 4 nitrogen and oxygen atoms in total. The van der Waals surface area contributed by atoms with Crippen LogP contribution in [0, 0.1) is 0 Å². The summed E-state index contributed by atoms with van der Waals surface area (Å²) in [4.78, 5) is 4.18. The summed E-state index contributed by atoms with van der Waals surface area (Å²) >= 11 is 8.07. The minimum absolute atomic E-state index is 0.669. The van der Waals surface area contributed by atoms with Crippen LogP contribution in [0.2, 0.25) is 5.02 Å². The zero-order valence-electron chi connectivity index (χ0n) is 14.5. The van der Waals surface area contributed by atoms with Gasteiger partial charge < -0.3 is 0 Å². The van der Waals surface area contributed by atoms with Crippen LogP contribution < -0.4 is 0 Å². The third kappa shape index (κ3) is 4.21. The first-order chi connectivity index (χ1) is 13.3. The van der Waals surface area contributed by atoms with E-state index in [0.717, 1.165) is 27.9 Å². The fourth-order valence-electron chi connectivity index (χ4n) is 2.78. The number of hydrogen-bond donors (Lipinski definition) is 0. The molecule has 27 heavy (non-hydrogen) atoms. The fraction of sp³-hybridized carbons (Fsp3) is 0.0952. The quantitative estimate of drug-likeness (QED) is 0.416. The minimum Gasteiger partial charge on any atom is -0.297 e. The lowest BCUT2D eigenvalue weighted by Gasteiger charge is -2.11. The van der Waals surface area contributed by atoms with Crippen LogP contribution in [0.25, 0.3) is 11.4 Å². The molecule has 0 atom stereocenters. The summed E-state index contributed by atoms with van der Waals surface area (Å²) in [7, 11) is 0. The smallest absolute Gasteiger partial charge is 0.192 e. The Morgan fingerprint density at radius 3 is 2.41 bits per heavy atom. The van der Waals surface area contributed by atoms with Gasteiger partial charge in [0.25, 0.3) is 0 Å². The summed E-state index contributed by atoms with van der Waals surface area (Å²) in [5.41, 5.74) is 3.22. The second-order valence-corrected chi connectivity index (χ2v) is 7.36. The molecular formula is C21H17ClN4S. The molecular weight excluding hydrogens is 376 g/mol. The number of nitrogens with zero attached hydrogens (tertiary/aromatic N) is 4. The van der Waals surface area contributed by atoms with Gasteiger partial charge in [-0.2, -0.15) is 0 Å². The van der Waals surface area contributed by atoms with Crippen LogP contribution in [0.5, 0.6) is 0 Å². The van der Waals surface area contributed by atoms with Crippen LogP contribution in [0.3, 0.4) is 0 Å². The largest absolute Gasteiger partial charge is 0.297 e. The topological polar surface area (TPSA) is 43.6 Å². The van der Waals surface area contributed by atoms with E-state index in [1.54, 1.807) is 18.0 Å². The molecule has 0 aliphatic carbocycles. The highest BCUT2D eigenvalue weighted by molar-refractivity contribution is 7.98. The van der Waals surface area contributed by atoms with Gasteiger partial charge in [0.1, 0.15) is 0 Å². The summed E-state index contributed by atoms with van der Waals surface area (Å²) in [5.74, 6) is 1.56.